The van der Waals surface area contributed by atoms with Crippen molar-refractivity contribution >= 4 is 11.1 Å². The van der Waals surface area contributed by atoms with Crippen LogP contribution in [0.2, 0.25) is 0 Å². The van der Waals surface area contributed by atoms with E-state index in [9.17, 15) is 9.50 Å². The van der Waals surface area contributed by atoms with E-state index in [-0.39, 0.29) is 26.0 Å². The highest BCUT2D eigenvalue weighted by Crippen LogP contribution is 2.41. The summed E-state index contributed by atoms with van der Waals surface area (Å²) in [4.78, 5) is 11.0. The molecule has 7 heteroatoms. The third kappa shape index (κ3) is 6.10. The fourth-order valence-corrected chi connectivity index (χ4v) is 5.24. The Bertz CT molecular complexity index is 1210. The highest BCUT2D eigenvalue weighted by atomic mass is 19.1. The van der Waals surface area contributed by atoms with Crippen LogP contribution in [0.1, 0.15) is 55.4 Å². The van der Waals surface area contributed by atoms with Crippen molar-refractivity contribution in [1.29, 1.82) is 0 Å². The van der Waals surface area contributed by atoms with Crippen LogP contribution in [-0.4, -0.2) is 59.5 Å². The fraction of sp³-hybridized carbons (Fsp3) is 0.400. The number of aryl methyl sites for hydroxylation is 1. The zero-order chi connectivity index (χ0) is 24.9. The molecule has 0 radical (unpaired) electrons. The van der Waals surface area contributed by atoms with Gasteiger partial charge in [-0.2, -0.15) is 0 Å². The van der Waals surface area contributed by atoms with E-state index in [1.807, 2.05) is 36.7 Å². The number of nitrogens with zero attached hydrogens (tertiary/aromatic N) is 3. The number of aromatic hydroxyl groups is 1. The smallest absolute Gasteiger partial charge is 0.316 e. The second-order valence-electron chi connectivity index (χ2n) is 9.40. The van der Waals surface area contributed by atoms with E-state index in [2.05, 4.69) is 27.0 Å². The van der Waals surface area contributed by atoms with Gasteiger partial charge in [-0.1, -0.05) is 25.6 Å². The van der Waals surface area contributed by atoms with E-state index < -0.39 is 0 Å². The van der Waals surface area contributed by atoms with E-state index in [1.54, 1.807) is 13.2 Å². The van der Waals surface area contributed by atoms with Gasteiger partial charge < -0.3 is 14.6 Å². The zero-order valence-corrected chi connectivity index (χ0v) is 20.6. The lowest BCUT2D eigenvalue weighted by molar-refractivity contribution is 0.198. The summed E-state index contributed by atoms with van der Waals surface area (Å²) in [6.07, 6.45) is 8.02. The number of alkyl halides is 1. The number of phenols is 1. The third-order valence-corrected chi connectivity index (χ3v) is 6.97. The molecule has 1 N–H and O–H groups in total. The molecule has 2 aromatic carbocycles. The van der Waals surface area contributed by atoms with Gasteiger partial charge in [0.1, 0.15) is 17.6 Å². The Balaban J connectivity index is 0.00000320. The Morgan fingerprint density at radius 3 is 2.57 bits per heavy atom. The second kappa shape index (κ2) is 12.2. The topological polar surface area (TPSA) is 67.7 Å². The quantitative estimate of drug-likeness (QED) is 0.409. The first-order valence-corrected chi connectivity index (χ1v) is 12.6. The molecule has 3 aromatic rings. The van der Waals surface area contributed by atoms with Gasteiger partial charge in [0.05, 0.1) is 13.8 Å². The van der Waals surface area contributed by atoms with Crippen molar-refractivity contribution in [3.8, 4) is 17.5 Å². The highest BCUT2D eigenvalue weighted by Gasteiger charge is 2.24. The number of ether oxygens (including phenoxy) is 2. The minimum atomic E-state index is -0.271. The van der Waals surface area contributed by atoms with Gasteiger partial charge in [-0.3, -0.25) is 9.29 Å². The number of methoxy groups -OCH3 is 1. The molecule has 1 fully saturated rings. The van der Waals surface area contributed by atoms with Gasteiger partial charge in [0.15, 0.2) is 0 Å². The summed E-state index contributed by atoms with van der Waals surface area (Å²) in [7, 11) is 1.56. The number of aromatic nitrogens is 2. The van der Waals surface area contributed by atoms with Crippen molar-refractivity contribution in [2.75, 3.05) is 33.4 Å². The number of hydrogen-bond acceptors (Lipinski definition) is 6. The summed E-state index contributed by atoms with van der Waals surface area (Å²) >= 11 is 0. The minimum Gasteiger partial charge on any atom is -0.508 e. The van der Waals surface area contributed by atoms with Crippen molar-refractivity contribution < 1.29 is 19.0 Å². The highest BCUT2D eigenvalue weighted by molar-refractivity contribution is 5.99. The minimum absolute atomic E-state index is 0. The van der Waals surface area contributed by atoms with Crippen LogP contribution in [0.4, 0.5) is 4.39 Å². The van der Waals surface area contributed by atoms with E-state index in [4.69, 9.17) is 9.47 Å². The summed E-state index contributed by atoms with van der Waals surface area (Å²) in [6.45, 7) is 2.31. The SMILES string of the molecule is C.COc1ncc(C2=C(c3ccc(O[C@H]4CCN(CCCF)C4)cc3)c3ccc(O)cc3CCC2)cn1. The molecule has 0 amide bonds. The maximum atomic E-state index is 12.5. The molecule has 1 aliphatic carbocycles. The van der Waals surface area contributed by atoms with E-state index in [1.165, 1.54) is 5.57 Å². The average molecular weight is 506 g/mol. The molecular formula is C30H36FN3O3. The third-order valence-electron chi connectivity index (χ3n) is 6.97. The number of allylic oxidation sites excluding steroid dienone is 1. The second-order valence-corrected chi connectivity index (χ2v) is 9.40. The number of hydrogen-bond donors (Lipinski definition) is 1. The summed E-state index contributed by atoms with van der Waals surface area (Å²) in [5.74, 6) is 1.12. The molecule has 6 nitrogen and oxygen atoms in total. The monoisotopic (exact) mass is 505 g/mol. The molecule has 2 aliphatic rings. The molecular weight excluding hydrogens is 469 g/mol. The number of likely N-dealkylation sites (tertiary alicyclic amines) is 1. The van der Waals surface area contributed by atoms with Gasteiger partial charge >= 0.3 is 6.01 Å². The summed E-state index contributed by atoms with van der Waals surface area (Å²) < 4.78 is 23.9. The number of benzene rings is 2. The van der Waals surface area contributed by atoms with E-state index >= 15 is 0 Å². The lowest BCUT2D eigenvalue weighted by Crippen LogP contribution is -2.26. The maximum Gasteiger partial charge on any atom is 0.316 e. The zero-order valence-electron chi connectivity index (χ0n) is 20.6. The molecule has 0 unspecified atom stereocenters. The van der Waals surface area contributed by atoms with Crippen LogP contribution in [0.3, 0.4) is 0 Å². The van der Waals surface area contributed by atoms with Crippen LogP contribution in [-0.2, 0) is 6.42 Å². The Labute approximate surface area is 218 Å². The molecule has 0 saturated carbocycles. The largest absolute Gasteiger partial charge is 0.508 e. The Morgan fingerprint density at radius 2 is 1.84 bits per heavy atom. The van der Waals surface area contributed by atoms with Gasteiger partial charge in [-0.05, 0) is 84.2 Å². The first-order chi connectivity index (χ1) is 17.6. The number of fused-ring (bicyclic) bond motifs is 1. The van der Waals surface area contributed by atoms with E-state index in [0.29, 0.717) is 12.4 Å². The van der Waals surface area contributed by atoms with Crippen molar-refractivity contribution in [2.45, 2.75) is 45.6 Å². The first kappa shape index (κ1) is 26.6. The Morgan fingerprint density at radius 1 is 1.05 bits per heavy atom. The van der Waals surface area contributed by atoms with Crippen LogP contribution in [0, 0.1) is 0 Å². The van der Waals surface area contributed by atoms with Gasteiger partial charge in [-0.25, -0.2) is 9.97 Å². The molecule has 1 saturated heterocycles. The lowest BCUT2D eigenvalue weighted by Gasteiger charge is -2.18. The Kier molecular flexibility index (Phi) is 8.77. The summed E-state index contributed by atoms with van der Waals surface area (Å²) in [5, 5.41) is 10.1. The molecule has 37 heavy (non-hydrogen) atoms. The predicted molar refractivity (Wildman–Crippen MR) is 145 cm³/mol. The lowest BCUT2D eigenvalue weighted by atomic mass is 9.88. The van der Waals surface area contributed by atoms with Crippen LogP contribution < -0.4 is 9.47 Å². The Hall–Kier alpha value is -3.45. The van der Waals surface area contributed by atoms with Crippen LogP contribution in [0.25, 0.3) is 11.1 Å². The summed E-state index contributed by atoms with van der Waals surface area (Å²) in [5.41, 5.74) is 6.60. The van der Waals surface area contributed by atoms with Crippen LogP contribution in [0.5, 0.6) is 17.5 Å². The molecule has 1 atom stereocenters. The standard InChI is InChI=1S/C29H32FN3O3.CH4/c1-35-29-31-17-22(18-32-29)26-5-2-4-21-16-23(34)8-11-27(21)28(26)20-6-9-24(10-7-20)36-25-12-15-33(19-25)14-3-13-30;/h6-11,16-18,25,34H,2-5,12-15,19H2,1H3;1H4/t25-;/m0./s1. The molecule has 5 rings (SSSR count). The number of halogens is 1. The first-order valence-electron chi connectivity index (χ1n) is 12.6. The molecule has 2 heterocycles. The molecule has 196 valence electrons. The molecule has 1 aromatic heterocycles. The number of phenolic OH excluding ortho intramolecular Hbond substituents is 1. The summed E-state index contributed by atoms with van der Waals surface area (Å²) in [6, 6.07) is 14.2. The van der Waals surface area contributed by atoms with Gasteiger partial charge in [-0.15, -0.1) is 0 Å². The molecule has 1 aliphatic heterocycles. The van der Waals surface area contributed by atoms with Gasteiger partial charge in [0.25, 0.3) is 0 Å². The van der Waals surface area contributed by atoms with Gasteiger partial charge in [0.2, 0.25) is 0 Å². The van der Waals surface area contributed by atoms with Crippen LogP contribution >= 0.6 is 0 Å². The predicted octanol–water partition coefficient (Wildman–Crippen LogP) is 5.94. The fourth-order valence-electron chi connectivity index (χ4n) is 5.24. The molecule has 0 bridgehead atoms. The van der Waals surface area contributed by atoms with Crippen molar-refractivity contribution in [3.05, 3.63) is 77.1 Å². The average Bonchev–Trinajstić information content (AvgIpc) is 3.26. The maximum absolute atomic E-state index is 12.5. The molecule has 0 spiro atoms. The van der Waals surface area contributed by atoms with E-state index in [0.717, 1.165) is 78.9 Å². The normalized spacial score (nSPS) is 17.6. The van der Waals surface area contributed by atoms with Crippen LogP contribution in [0.15, 0.2) is 54.9 Å². The van der Waals surface area contributed by atoms with Crippen molar-refractivity contribution in [1.82, 2.24) is 14.9 Å². The number of rotatable bonds is 8. The van der Waals surface area contributed by atoms with Crippen molar-refractivity contribution in [3.63, 3.8) is 0 Å². The van der Waals surface area contributed by atoms with Crippen molar-refractivity contribution in [2.24, 2.45) is 0 Å². The van der Waals surface area contributed by atoms with Gasteiger partial charge in [0, 0.05) is 37.6 Å².